The van der Waals surface area contributed by atoms with Gasteiger partial charge in [-0.25, -0.2) is 8.78 Å². The number of carbonyl (C=O) groups is 1. The molecule has 0 bridgehead atoms. The normalized spacial score (nSPS) is 27.0. The van der Waals surface area contributed by atoms with Crippen molar-refractivity contribution in [3.8, 4) is 6.07 Å². The van der Waals surface area contributed by atoms with Crippen LogP contribution in [0.3, 0.4) is 0 Å². The second kappa shape index (κ2) is 13.3. The maximum Gasteiger partial charge on any atom is 0.324 e. The van der Waals surface area contributed by atoms with Gasteiger partial charge in [-0.2, -0.15) is 5.26 Å². The monoisotopic (exact) mass is 688 g/mol. The number of esters is 1. The lowest BCUT2D eigenvalue weighted by Gasteiger charge is -2.51. The van der Waals surface area contributed by atoms with Gasteiger partial charge in [0.05, 0.1) is 16.7 Å². The van der Waals surface area contributed by atoms with Gasteiger partial charge in [0, 0.05) is 28.0 Å². The number of rotatable bonds is 8. The molecule has 1 saturated heterocycles. The van der Waals surface area contributed by atoms with Crippen LogP contribution in [0.2, 0.25) is 15.1 Å². The summed E-state index contributed by atoms with van der Waals surface area (Å²) < 4.78 is 44.8. The number of halogens is 4. The highest BCUT2D eigenvalue weighted by Gasteiger charge is 2.63. The number of nitrogens with one attached hydrogen (secondary N) is 1. The van der Waals surface area contributed by atoms with Gasteiger partial charge in [-0.15, -0.1) is 0 Å². The van der Waals surface area contributed by atoms with Crippen LogP contribution < -0.4 is 5.32 Å². The van der Waals surface area contributed by atoms with E-state index < -0.39 is 57.6 Å². The second-order valence-corrected chi connectivity index (χ2v) is 17.9. The van der Waals surface area contributed by atoms with Gasteiger partial charge in [-0.1, -0.05) is 74.3 Å². The molecule has 5 nitrogen and oxygen atoms in total. The van der Waals surface area contributed by atoms with Gasteiger partial charge in [0.25, 0.3) is 0 Å². The average Bonchev–Trinajstić information content (AvgIpc) is 3.27. The van der Waals surface area contributed by atoms with Crippen LogP contribution in [0.25, 0.3) is 0 Å². The number of benzene rings is 2. The Labute approximate surface area is 285 Å². The molecule has 0 aromatic heterocycles. The molecule has 2 aliphatic rings. The van der Waals surface area contributed by atoms with Crippen molar-refractivity contribution in [2.45, 2.75) is 121 Å². The van der Waals surface area contributed by atoms with E-state index in [1.54, 1.807) is 26.8 Å². The van der Waals surface area contributed by atoms with E-state index in [1.807, 2.05) is 0 Å². The molecule has 1 N–H and O–H groups in total. The molecule has 2 aromatic rings. The minimum Gasteiger partial charge on any atom is -0.459 e. The lowest BCUT2D eigenvalue weighted by atomic mass is 9.57. The molecule has 46 heavy (non-hydrogen) atoms. The summed E-state index contributed by atoms with van der Waals surface area (Å²) >= 11 is 12.5. The number of hydrogen-bond acceptors (Lipinski definition) is 5. The Kier molecular flexibility index (Phi) is 10.6. The van der Waals surface area contributed by atoms with Crippen LogP contribution in [0.5, 0.6) is 0 Å². The predicted molar refractivity (Wildman–Crippen MR) is 180 cm³/mol. The Morgan fingerprint density at radius 3 is 2.35 bits per heavy atom. The molecule has 248 valence electrons. The Balaban J connectivity index is 2.00. The van der Waals surface area contributed by atoms with E-state index in [0.29, 0.717) is 12.8 Å². The Morgan fingerprint density at radius 2 is 1.78 bits per heavy atom. The third-order valence-electron chi connectivity index (χ3n) is 9.24. The van der Waals surface area contributed by atoms with Crippen molar-refractivity contribution in [2.75, 3.05) is 0 Å². The van der Waals surface area contributed by atoms with E-state index in [0.717, 1.165) is 18.9 Å². The first kappa shape index (κ1) is 36.6. The average molecular weight is 690 g/mol. The molecular formula is C36H44Cl2F2N2O3Si. The number of carbonyl (C=O) groups excluding carboxylic acids is 1. The smallest absolute Gasteiger partial charge is 0.324 e. The maximum absolute atomic E-state index is 16.2. The summed E-state index contributed by atoms with van der Waals surface area (Å²) in [7, 11) is 0.199. The Morgan fingerprint density at radius 1 is 1.09 bits per heavy atom. The van der Waals surface area contributed by atoms with Crippen LogP contribution in [0, 0.1) is 28.4 Å². The Hall–Kier alpha value is -2.28. The number of nitrogens with zero attached hydrogens (tertiary/aromatic N) is 1. The van der Waals surface area contributed by atoms with Crippen molar-refractivity contribution < 1.29 is 22.7 Å². The fourth-order valence-corrected chi connectivity index (χ4v) is 8.05. The van der Waals surface area contributed by atoms with E-state index >= 15 is 8.78 Å². The van der Waals surface area contributed by atoms with E-state index in [-0.39, 0.29) is 36.0 Å². The van der Waals surface area contributed by atoms with Gasteiger partial charge in [0.1, 0.15) is 28.7 Å². The predicted octanol–water partition coefficient (Wildman–Crippen LogP) is 9.25. The van der Waals surface area contributed by atoms with Crippen molar-refractivity contribution in [1.82, 2.24) is 5.32 Å². The fraction of sp³-hybridized carbons (Fsp3) is 0.556. The molecule has 4 rings (SSSR count). The molecule has 0 saturated carbocycles. The van der Waals surface area contributed by atoms with Gasteiger partial charge in [0.15, 0.2) is 0 Å². The van der Waals surface area contributed by atoms with Crippen LogP contribution in [0.15, 0.2) is 48.6 Å². The highest BCUT2D eigenvalue weighted by Crippen LogP contribution is 2.57. The first-order valence-corrected chi connectivity index (χ1v) is 17.3. The van der Waals surface area contributed by atoms with Crippen LogP contribution in [-0.2, 0) is 19.4 Å². The van der Waals surface area contributed by atoms with Crippen LogP contribution >= 0.6 is 23.2 Å². The number of allylic oxidation sites excluding steroid dienone is 2. The van der Waals surface area contributed by atoms with E-state index in [2.05, 4.69) is 58.2 Å². The molecule has 1 aliphatic carbocycles. The number of ether oxygens (including phenoxy) is 1. The molecule has 0 spiro atoms. The standard InChI is InChI=1S/C36H44Cl2F2N2O3Si/c1-32(2,3)44-31(43)30-28(23-13-12-14-25(38)29(23)40)36(21-41,24-16-15-22(37)19-26(24)39)27(42-30)20-35(17-10-9-11-18-35)34(7,8)45-46-33(4,5)6/h9-10,12-16,19,27-28,30,42H,11,17-18,20H2,1-8H3. The van der Waals surface area contributed by atoms with Crippen molar-refractivity contribution in [2.24, 2.45) is 5.41 Å². The zero-order chi connectivity index (χ0) is 34.3. The fourth-order valence-electron chi connectivity index (χ4n) is 6.93. The molecule has 1 aliphatic heterocycles. The molecule has 5 atom stereocenters. The highest BCUT2D eigenvalue weighted by molar-refractivity contribution is 6.32. The summed E-state index contributed by atoms with van der Waals surface area (Å²) in [5.41, 5.74) is -3.82. The van der Waals surface area contributed by atoms with Gasteiger partial charge in [-0.3, -0.25) is 10.1 Å². The van der Waals surface area contributed by atoms with Crippen LogP contribution in [0.4, 0.5) is 8.78 Å². The minimum absolute atomic E-state index is 0.0177. The van der Waals surface area contributed by atoms with Gasteiger partial charge >= 0.3 is 5.97 Å². The van der Waals surface area contributed by atoms with E-state index in [4.69, 9.17) is 32.4 Å². The first-order chi connectivity index (χ1) is 21.3. The molecule has 5 unspecified atom stereocenters. The zero-order valence-electron chi connectivity index (χ0n) is 27.9. The van der Waals surface area contributed by atoms with Gasteiger partial charge < -0.3 is 9.16 Å². The number of hydrogen-bond donors (Lipinski definition) is 1. The molecule has 0 amide bonds. The topological polar surface area (TPSA) is 71.3 Å². The Bertz CT molecular complexity index is 1530. The van der Waals surface area contributed by atoms with Crippen molar-refractivity contribution in [3.63, 3.8) is 0 Å². The second-order valence-electron chi connectivity index (χ2n) is 15.1. The van der Waals surface area contributed by atoms with Crippen molar-refractivity contribution in [1.29, 1.82) is 5.26 Å². The molecule has 10 heteroatoms. The van der Waals surface area contributed by atoms with E-state index in [1.165, 1.54) is 24.3 Å². The molecular weight excluding hydrogens is 645 g/mol. The quantitative estimate of drug-likeness (QED) is 0.170. The SMILES string of the molecule is CC(C)(C)OC(=O)C1NC(CC2(C(C)(C)O[Si]C(C)(C)C)CC=CCC2)C(C#N)(c2ccc(Cl)cc2F)C1c1cccc(Cl)c1F. The third-order valence-corrected chi connectivity index (χ3v) is 11.0. The zero-order valence-corrected chi connectivity index (χ0v) is 30.4. The van der Waals surface area contributed by atoms with Gasteiger partial charge in [0.2, 0.25) is 9.76 Å². The largest absolute Gasteiger partial charge is 0.459 e. The number of nitriles is 1. The summed E-state index contributed by atoms with van der Waals surface area (Å²) in [6.45, 7) is 15.7. The van der Waals surface area contributed by atoms with Crippen LogP contribution in [0.1, 0.15) is 98.1 Å². The summed E-state index contributed by atoms with van der Waals surface area (Å²) in [6.07, 6.45) is 6.75. The van der Waals surface area contributed by atoms with E-state index in [9.17, 15) is 10.1 Å². The summed E-state index contributed by atoms with van der Waals surface area (Å²) in [5.74, 6) is -3.37. The summed E-state index contributed by atoms with van der Waals surface area (Å²) in [5, 5.41) is 14.7. The molecule has 1 fully saturated rings. The summed E-state index contributed by atoms with van der Waals surface area (Å²) in [4.78, 5) is 14.0. The maximum atomic E-state index is 16.2. The lowest BCUT2D eigenvalue weighted by Crippen LogP contribution is -2.54. The molecule has 2 radical (unpaired) electrons. The van der Waals surface area contributed by atoms with Crippen molar-refractivity contribution >= 4 is 38.9 Å². The summed E-state index contributed by atoms with van der Waals surface area (Å²) in [6, 6.07) is 9.01. The first-order valence-electron chi connectivity index (χ1n) is 15.7. The lowest BCUT2D eigenvalue weighted by molar-refractivity contribution is -0.157. The van der Waals surface area contributed by atoms with Gasteiger partial charge in [-0.05, 0) is 89.1 Å². The van der Waals surface area contributed by atoms with Crippen molar-refractivity contribution in [3.05, 3.63) is 81.4 Å². The molecule has 1 heterocycles. The third kappa shape index (κ3) is 7.24. The molecule has 2 aromatic carbocycles. The minimum atomic E-state index is -1.78. The highest BCUT2D eigenvalue weighted by atomic mass is 35.5. The van der Waals surface area contributed by atoms with Crippen LogP contribution in [-0.4, -0.2) is 39.0 Å².